The minimum absolute atomic E-state index is 0.0801. The predicted octanol–water partition coefficient (Wildman–Crippen LogP) is -10.5. The number of aliphatic imine (C=N–C) groups is 1. The summed E-state index contributed by atoms with van der Waals surface area (Å²) < 4.78 is 0. The molecule has 0 unspecified atom stereocenters. The fraction of sp³-hybridized carbons (Fsp3) is 0.663. The van der Waals surface area contributed by atoms with Gasteiger partial charge in [0.2, 0.25) is 106 Å². The SMILES string of the molecule is CSCC[C@H](NC(=O)[C@H](CC(C)C)NC(=O)[C@H](CCCCNC(C)=S)NC(=O)[C@H](CCCCN)NC(=O)[C@H](Cc1cnc[nH]1)NC(=O)[C@H](CCCN=C(N)N)NC(=O)[C@H](CO)NC(=O)[C@@H](NC(=O)[C@H](CO)NC(=O)[C@H](CCC(N)=O)NC(=O)CNC(=O)[C@H](CCCCN)NC(=O)[C@@H](N)CCCCN)[C@@H](C)O)C(=O)N[C@@H](Cc1ccccc1)C(=O)N[C@@H](CCCCN)C(=O)N[C@H](C(=O)N[C@@H](CCC(=O)O)C(=O)NCC(=O)O)[C@@H](C)O. The van der Waals surface area contributed by atoms with Crippen molar-refractivity contribution < 1.29 is 127 Å². The number of rotatable bonds is 79. The Hall–Kier alpha value is -13.0. The second kappa shape index (κ2) is 74.0. The van der Waals surface area contributed by atoms with E-state index >= 15 is 19.2 Å². The van der Waals surface area contributed by atoms with Crippen LogP contribution in [0.3, 0.4) is 0 Å². The highest BCUT2D eigenvalue weighted by Crippen LogP contribution is 2.17. The molecule has 0 aliphatic heterocycles. The Labute approximate surface area is 873 Å². The van der Waals surface area contributed by atoms with Gasteiger partial charge >= 0.3 is 11.9 Å². The molecular formula is C92H157N29O26S2. The summed E-state index contributed by atoms with van der Waals surface area (Å²) in [6, 6.07) is -17.7. The zero-order chi connectivity index (χ0) is 112. The largest absolute Gasteiger partial charge is 0.481 e. The number of nitrogens with one attached hydrogen (secondary N) is 19. The monoisotopic (exact) mass is 2150 g/mol. The number of imidazole rings is 1. The molecule has 0 aliphatic carbocycles. The summed E-state index contributed by atoms with van der Waals surface area (Å²) >= 11 is 6.51. The van der Waals surface area contributed by atoms with Gasteiger partial charge in [-0.05, 0) is 199 Å². The second-order valence-corrected chi connectivity index (χ2v) is 37.6. The smallest absolute Gasteiger partial charge is 0.322 e. The van der Waals surface area contributed by atoms with Crippen LogP contribution in [0.4, 0.5) is 0 Å². The van der Waals surface area contributed by atoms with Gasteiger partial charge in [-0.15, -0.1) is 0 Å². The quantitative estimate of drug-likeness (QED) is 0.0127. The molecule has 0 radical (unpaired) electrons. The van der Waals surface area contributed by atoms with Gasteiger partial charge in [-0.25, -0.2) is 4.98 Å². The number of unbranched alkanes of at least 4 members (excludes halogenated alkanes) is 5. The molecule has 55 nitrogen and oxygen atoms in total. The Morgan fingerprint density at radius 1 is 0.403 bits per heavy atom. The highest BCUT2D eigenvalue weighted by molar-refractivity contribution is 7.98. The number of aromatic amines is 1. The van der Waals surface area contributed by atoms with E-state index in [1.807, 2.05) is 5.32 Å². The molecule has 0 spiro atoms. The van der Waals surface area contributed by atoms with E-state index in [4.69, 9.17) is 63.2 Å². The van der Waals surface area contributed by atoms with Crippen LogP contribution in [0.5, 0.6) is 0 Å². The first kappa shape index (κ1) is 132. The third kappa shape index (κ3) is 54.7. The number of amides is 18. The highest BCUT2D eigenvalue weighted by atomic mass is 32.2. The topological polar surface area (TPSA) is 929 Å². The second-order valence-electron chi connectivity index (χ2n) is 36.0. The van der Waals surface area contributed by atoms with Crippen LogP contribution in [-0.4, -0.2) is 356 Å². The molecule has 2 rings (SSSR count). The molecule has 0 fully saturated rings. The Morgan fingerprint density at radius 2 is 0.765 bits per heavy atom. The first-order valence-electron chi connectivity index (χ1n) is 49.4. The molecule has 0 bridgehead atoms. The molecule has 41 N–H and O–H groups in total. The van der Waals surface area contributed by atoms with E-state index < -0.39 is 286 Å². The summed E-state index contributed by atoms with van der Waals surface area (Å²) in [7, 11) is 0. The summed E-state index contributed by atoms with van der Waals surface area (Å²) in [5.74, 6) is -22.2. The van der Waals surface area contributed by atoms with Crippen molar-refractivity contribution in [3.05, 3.63) is 54.1 Å². The molecule has 1 aromatic heterocycles. The third-order valence-electron chi connectivity index (χ3n) is 22.9. The minimum Gasteiger partial charge on any atom is -0.481 e. The number of carbonyl (C=O) groups excluding carboxylic acids is 18. The fourth-order valence-corrected chi connectivity index (χ4v) is 15.2. The van der Waals surface area contributed by atoms with Crippen molar-refractivity contribution in [3.8, 4) is 0 Å². The summed E-state index contributed by atoms with van der Waals surface area (Å²) in [4.78, 5) is 288. The standard InChI is InChI=1S/C92H157N29O26S2/c1-50(2)41-65(85(141)113-64(33-40-149-6)83(139)116-66(42-54-21-8-7-9-22-54)86(142)111-60(26-13-18-37-96)84(140)120-74(51(3)124)90(146)114-62(30-32-72(128)129)78(134)105-46-73(130)131)115-80(136)59(27-14-19-38-102-53(5)148)109-79(135)58(25-12-17-36-95)110-87(143)67(43-55-44-101-49-106-55)117-81(137)61(28-20-39-103-92(99)100)112-88(144)68(47-122)119-91(147)75(52(4)125)121-89(145)69(48-123)118-82(138)63(29-31-70(98)126)107-71(127)45-104-77(133)57(24-11-16-35-94)108-76(132)56(97)23-10-15-34-93/h7-9,21-22,44,49-52,56-69,74-75,122-125H,10-20,23-43,45-48,93-97H2,1-6H3,(H2,98,126)(H,101,106)(H,102,148)(H,104,133)(H,105,134)(H,107,127)(H,108,132)(H,109,135)(H,110,143)(H,111,142)(H,112,144)(H,113,141)(H,114,146)(H,115,136)(H,116,139)(H,117,137)(H,118,138)(H,119,147)(H,120,140)(H,121,145)(H,128,129)(H,130,131)(H4,99,100,103)/t51-,52-,56+,57+,58+,59+,60+,61+,62+,63+,64+,65+,66+,67+,68+,69+,74+,75+/m1/s1. The number of hydrogen-bond acceptors (Lipinski definition) is 33. The van der Waals surface area contributed by atoms with E-state index in [1.54, 1.807) is 57.4 Å². The molecule has 149 heavy (non-hydrogen) atoms. The van der Waals surface area contributed by atoms with Crippen LogP contribution < -0.4 is 142 Å². The number of thiocarbonyl (C=S) groups is 1. The van der Waals surface area contributed by atoms with Crippen LogP contribution in [0.25, 0.3) is 0 Å². The number of thioether (sulfide) groups is 1. The number of carboxylic acids is 2. The molecule has 838 valence electrons. The van der Waals surface area contributed by atoms with Crippen molar-refractivity contribution in [3.63, 3.8) is 0 Å². The zero-order valence-corrected chi connectivity index (χ0v) is 86.8. The molecule has 57 heteroatoms. The van der Waals surface area contributed by atoms with Crippen molar-refractivity contribution in [2.24, 2.45) is 56.8 Å². The molecule has 0 aliphatic rings. The summed E-state index contributed by atoms with van der Waals surface area (Å²) in [6.07, 6.45) is 0.658. The number of primary amides is 1. The first-order chi connectivity index (χ1) is 70.7. The van der Waals surface area contributed by atoms with Gasteiger partial charge in [-0.2, -0.15) is 11.8 Å². The first-order valence-corrected chi connectivity index (χ1v) is 51.2. The number of nitrogens with two attached hydrogens (primary N) is 8. The molecule has 1 heterocycles. The van der Waals surface area contributed by atoms with Gasteiger partial charge in [-0.3, -0.25) is 101 Å². The van der Waals surface area contributed by atoms with E-state index in [0.717, 1.165) is 13.8 Å². The number of nitrogens with zero attached hydrogens (tertiary/aromatic N) is 2. The van der Waals surface area contributed by atoms with E-state index in [-0.39, 0.29) is 139 Å². The fourth-order valence-electron chi connectivity index (χ4n) is 14.7. The Balaban J connectivity index is 2.65. The lowest BCUT2D eigenvalue weighted by Crippen LogP contribution is -2.63. The minimum atomic E-state index is -2.08. The predicted molar refractivity (Wildman–Crippen MR) is 550 cm³/mol. The molecular weight excluding hydrogens is 1990 g/mol. The Morgan fingerprint density at radius 3 is 1.19 bits per heavy atom. The van der Waals surface area contributed by atoms with Crippen molar-refractivity contribution >= 4 is 153 Å². The van der Waals surface area contributed by atoms with Crippen molar-refractivity contribution in [2.45, 2.75) is 304 Å². The lowest BCUT2D eigenvalue weighted by atomic mass is 10.0. The van der Waals surface area contributed by atoms with Crippen molar-refractivity contribution in [2.75, 3.05) is 77.6 Å². The van der Waals surface area contributed by atoms with Crippen LogP contribution in [0.2, 0.25) is 0 Å². The Bertz CT molecular complexity index is 4630. The highest BCUT2D eigenvalue weighted by Gasteiger charge is 2.41. The normalized spacial score (nSPS) is 14.7. The number of H-pyrrole nitrogens is 1. The maximum Gasteiger partial charge on any atom is 0.322 e. The average molecular weight is 2150 g/mol. The van der Waals surface area contributed by atoms with E-state index in [1.165, 1.54) is 24.3 Å². The van der Waals surface area contributed by atoms with E-state index in [0.29, 0.717) is 62.2 Å². The number of benzene rings is 1. The number of guanidine groups is 1. The van der Waals surface area contributed by atoms with Gasteiger partial charge in [0.25, 0.3) is 0 Å². The molecule has 2 aromatic rings. The Kier molecular flexibility index (Phi) is 65.6. The average Bonchev–Trinajstić information content (AvgIpc) is 1.67. The maximum atomic E-state index is 15.1. The number of aliphatic hydroxyl groups excluding tert-OH is 4. The molecule has 1 aromatic carbocycles. The van der Waals surface area contributed by atoms with Gasteiger partial charge in [0.15, 0.2) is 5.96 Å². The van der Waals surface area contributed by atoms with Gasteiger partial charge in [0, 0.05) is 50.7 Å². The van der Waals surface area contributed by atoms with Gasteiger partial charge in [0.05, 0.1) is 49.3 Å². The zero-order valence-electron chi connectivity index (χ0n) is 85.1. The van der Waals surface area contributed by atoms with Crippen LogP contribution in [0.15, 0.2) is 47.8 Å². The number of aromatic nitrogens is 2. The molecule has 0 saturated carbocycles. The maximum absolute atomic E-state index is 15.1. The molecule has 18 amide bonds. The number of aliphatic carboxylic acids is 2. The van der Waals surface area contributed by atoms with Crippen LogP contribution in [0, 0.1) is 5.92 Å². The van der Waals surface area contributed by atoms with E-state index in [2.05, 4.69) is 105 Å². The summed E-state index contributed by atoms with van der Waals surface area (Å²) in [5, 5.41) is 106. The van der Waals surface area contributed by atoms with Gasteiger partial charge in [-0.1, -0.05) is 62.8 Å². The van der Waals surface area contributed by atoms with Crippen molar-refractivity contribution in [1.29, 1.82) is 0 Å². The lowest BCUT2D eigenvalue weighted by molar-refractivity contribution is -0.140. The van der Waals surface area contributed by atoms with E-state index in [9.17, 15) is 102 Å². The lowest BCUT2D eigenvalue weighted by Gasteiger charge is -2.29. The van der Waals surface area contributed by atoms with Crippen molar-refractivity contribution in [1.82, 2.24) is 106 Å². The van der Waals surface area contributed by atoms with Gasteiger partial charge in [0.1, 0.15) is 97.2 Å². The third-order valence-corrected chi connectivity index (χ3v) is 23.7. The van der Waals surface area contributed by atoms with Crippen LogP contribution >= 0.6 is 24.0 Å². The number of aliphatic hydroxyl groups is 4. The summed E-state index contributed by atoms with van der Waals surface area (Å²) in [6.45, 7) is 4.09. The van der Waals surface area contributed by atoms with Gasteiger partial charge < -0.3 is 177 Å². The number of hydrogen-bond donors (Lipinski definition) is 33. The number of carbonyl (C=O) groups is 20. The molecule has 18 atom stereocenters. The molecule has 0 saturated heterocycles. The summed E-state index contributed by atoms with van der Waals surface area (Å²) in [5.41, 5.74) is 46.3. The van der Waals surface area contributed by atoms with Crippen LogP contribution in [-0.2, 0) is 109 Å². The number of carboxylic acid groups (broad SMARTS) is 2. The van der Waals surface area contributed by atoms with Crippen LogP contribution in [0.1, 0.15) is 194 Å².